The van der Waals surface area contributed by atoms with E-state index in [1.54, 1.807) is 19.9 Å². The number of carbonyl (C=O) groups excluding carboxylic acids is 1. The van der Waals surface area contributed by atoms with Gasteiger partial charge in [-0.3, -0.25) is 0 Å². The summed E-state index contributed by atoms with van der Waals surface area (Å²) < 4.78 is 11.0. The predicted octanol–water partition coefficient (Wildman–Crippen LogP) is 3.28. The molecule has 0 aliphatic carbocycles. The number of carbonyl (C=O) groups is 1. The lowest BCUT2D eigenvalue weighted by atomic mass is 10.0. The summed E-state index contributed by atoms with van der Waals surface area (Å²) in [6.07, 6.45) is 0.547. The average Bonchev–Trinajstić information content (AvgIpc) is 2.89. The monoisotopic (exact) mass is 260 g/mol. The summed E-state index contributed by atoms with van der Waals surface area (Å²) >= 11 is 0. The molecule has 1 aliphatic rings. The van der Waals surface area contributed by atoms with Crippen molar-refractivity contribution in [1.29, 1.82) is 0 Å². The number of fused-ring (bicyclic) bond motifs is 3. The molecule has 0 spiro atoms. The van der Waals surface area contributed by atoms with E-state index in [1.807, 2.05) is 19.1 Å². The largest absolute Gasteiger partial charge is 0.457 e. The van der Waals surface area contributed by atoms with Crippen LogP contribution in [0.3, 0.4) is 0 Å². The van der Waals surface area contributed by atoms with E-state index in [4.69, 9.17) is 9.15 Å². The molecule has 1 aliphatic heterocycles. The summed E-state index contributed by atoms with van der Waals surface area (Å²) in [6, 6.07) is 5.57. The zero-order valence-electron chi connectivity index (χ0n) is 11.2. The third-order valence-electron chi connectivity index (χ3n) is 3.49. The molecule has 0 saturated heterocycles. The number of hydrogen-bond acceptors (Lipinski definition) is 4. The van der Waals surface area contributed by atoms with E-state index in [1.165, 1.54) is 0 Å². The second-order valence-electron chi connectivity index (χ2n) is 5.42. The summed E-state index contributed by atoms with van der Waals surface area (Å²) in [5.74, 6) is 0.104. The van der Waals surface area contributed by atoms with Gasteiger partial charge in [-0.25, -0.2) is 4.79 Å². The molecule has 3 rings (SSSR count). The van der Waals surface area contributed by atoms with Gasteiger partial charge in [0, 0.05) is 10.9 Å². The molecular weight excluding hydrogens is 244 g/mol. The second-order valence-corrected chi connectivity index (χ2v) is 5.42. The summed E-state index contributed by atoms with van der Waals surface area (Å²) in [7, 11) is 0. The molecule has 1 aromatic heterocycles. The van der Waals surface area contributed by atoms with Gasteiger partial charge in [0.2, 0.25) is 0 Å². The average molecular weight is 260 g/mol. The summed E-state index contributed by atoms with van der Waals surface area (Å²) in [6.45, 7) is 5.28. The topological polar surface area (TPSA) is 59.7 Å². The van der Waals surface area contributed by atoms with Gasteiger partial charge in [-0.05, 0) is 26.3 Å². The maximum atomic E-state index is 12.0. The first-order valence-electron chi connectivity index (χ1n) is 6.42. The van der Waals surface area contributed by atoms with Gasteiger partial charge in [0.1, 0.15) is 28.6 Å². The summed E-state index contributed by atoms with van der Waals surface area (Å²) in [4.78, 5) is 12.0. The standard InChI is InChI=1S/C15H16O4/c1-4-10-9-6-5-8-7-11(15(2,3)17)19-13(8)12(9)14(16)18-10/h5-7,10,17H,4H2,1-3H3/t10-/m0/s1. The first-order chi connectivity index (χ1) is 8.91. The molecule has 0 unspecified atom stereocenters. The van der Waals surface area contributed by atoms with Crippen molar-refractivity contribution in [3.05, 3.63) is 35.1 Å². The molecule has 0 amide bonds. The number of benzene rings is 1. The highest BCUT2D eigenvalue weighted by Crippen LogP contribution is 2.39. The van der Waals surface area contributed by atoms with E-state index in [2.05, 4.69) is 0 Å². The smallest absolute Gasteiger partial charge is 0.343 e. The van der Waals surface area contributed by atoms with Gasteiger partial charge in [-0.15, -0.1) is 0 Å². The Labute approximate surface area is 111 Å². The minimum absolute atomic E-state index is 0.192. The molecule has 100 valence electrons. The zero-order valence-corrected chi connectivity index (χ0v) is 11.2. The van der Waals surface area contributed by atoms with Crippen LogP contribution in [0.1, 0.15) is 55.0 Å². The lowest BCUT2D eigenvalue weighted by Crippen LogP contribution is -2.13. The Morgan fingerprint density at radius 3 is 2.74 bits per heavy atom. The minimum Gasteiger partial charge on any atom is -0.457 e. The lowest BCUT2D eigenvalue weighted by molar-refractivity contribution is 0.0376. The minimum atomic E-state index is -1.07. The molecule has 1 aromatic carbocycles. The highest BCUT2D eigenvalue weighted by atomic mass is 16.5. The van der Waals surface area contributed by atoms with E-state index in [0.717, 1.165) is 17.4 Å². The number of esters is 1. The second kappa shape index (κ2) is 3.84. The zero-order chi connectivity index (χ0) is 13.8. The molecule has 4 heteroatoms. The molecule has 19 heavy (non-hydrogen) atoms. The van der Waals surface area contributed by atoms with Crippen LogP contribution in [0.4, 0.5) is 0 Å². The summed E-state index contributed by atoms with van der Waals surface area (Å²) in [5.41, 5.74) is 0.811. The predicted molar refractivity (Wildman–Crippen MR) is 69.9 cm³/mol. The van der Waals surface area contributed by atoms with Gasteiger partial charge < -0.3 is 14.3 Å². The SMILES string of the molecule is CC[C@@H]1OC(=O)c2c1ccc1cc(C(C)(C)O)oc21. The van der Waals surface area contributed by atoms with Crippen molar-refractivity contribution in [2.75, 3.05) is 0 Å². The number of hydrogen-bond donors (Lipinski definition) is 1. The fraction of sp³-hybridized carbons (Fsp3) is 0.400. The Morgan fingerprint density at radius 2 is 2.11 bits per heavy atom. The Kier molecular flexibility index (Phi) is 2.47. The van der Waals surface area contributed by atoms with Crippen molar-refractivity contribution in [2.24, 2.45) is 0 Å². The summed E-state index contributed by atoms with van der Waals surface area (Å²) in [5, 5.41) is 10.8. The number of rotatable bonds is 2. The maximum absolute atomic E-state index is 12.0. The highest BCUT2D eigenvalue weighted by Gasteiger charge is 2.34. The first kappa shape index (κ1) is 12.2. The first-order valence-corrected chi connectivity index (χ1v) is 6.42. The number of ether oxygens (including phenoxy) is 1. The van der Waals surface area contributed by atoms with Crippen molar-refractivity contribution in [2.45, 2.75) is 38.9 Å². The Hall–Kier alpha value is -1.81. The molecule has 0 radical (unpaired) electrons. The molecule has 4 nitrogen and oxygen atoms in total. The molecule has 2 heterocycles. The Balaban J connectivity index is 2.26. The Bertz CT molecular complexity index is 661. The van der Waals surface area contributed by atoms with Crippen molar-refractivity contribution in [3.63, 3.8) is 0 Å². The molecule has 0 saturated carbocycles. The van der Waals surface area contributed by atoms with E-state index in [-0.39, 0.29) is 12.1 Å². The fourth-order valence-electron chi connectivity index (χ4n) is 2.45. The van der Waals surface area contributed by atoms with E-state index >= 15 is 0 Å². The van der Waals surface area contributed by atoms with Gasteiger partial charge in [-0.2, -0.15) is 0 Å². The number of cyclic esters (lactones) is 1. The van der Waals surface area contributed by atoms with Crippen LogP contribution >= 0.6 is 0 Å². The highest BCUT2D eigenvalue weighted by molar-refractivity contribution is 6.05. The van der Waals surface area contributed by atoms with Crippen LogP contribution in [0.5, 0.6) is 0 Å². The fourth-order valence-corrected chi connectivity index (χ4v) is 2.45. The van der Waals surface area contributed by atoms with Gasteiger partial charge >= 0.3 is 5.97 Å². The third-order valence-corrected chi connectivity index (χ3v) is 3.49. The molecule has 0 bridgehead atoms. The van der Waals surface area contributed by atoms with Crippen LogP contribution in [-0.4, -0.2) is 11.1 Å². The quantitative estimate of drug-likeness (QED) is 0.842. The normalized spacial score (nSPS) is 18.7. The van der Waals surface area contributed by atoms with Crippen LogP contribution in [-0.2, 0) is 10.3 Å². The van der Waals surface area contributed by atoms with E-state index in [0.29, 0.717) is 16.9 Å². The van der Waals surface area contributed by atoms with Gasteiger partial charge in [0.15, 0.2) is 0 Å². The van der Waals surface area contributed by atoms with Crippen molar-refractivity contribution in [3.8, 4) is 0 Å². The van der Waals surface area contributed by atoms with E-state index < -0.39 is 5.60 Å². The molecule has 1 N–H and O–H groups in total. The van der Waals surface area contributed by atoms with Gasteiger partial charge in [0.25, 0.3) is 0 Å². The van der Waals surface area contributed by atoms with Gasteiger partial charge in [-0.1, -0.05) is 19.1 Å². The molecule has 2 aromatic rings. The number of furan rings is 1. The van der Waals surface area contributed by atoms with E-state index in [9.17, 15) is 9.90 Å². The number of aliphatic hydroxyl groups is 1. The van der Waals surface area contributed by atoms with Gasteiger partial charge in [0.05, 0.1) is 0 Å². The molecule has 0 fully saturated rings. The van der Waals surface area contributed by atoms with Crippen LogP contribution in [0.2, 0.25) is 0 Å². The lowest BCUT2D eigenvalue weighted by Gasteiger charge is -2.12. The molecule has 1 atom stereocenters. The van der Waals surface area contributed by atoms with Crippen LogP contribution in [0.25, 0.3) is 11.0 Å². The molecular formula is C15H16O4. The third kappa shape index (κ3) is 1.75. The Morgan fingerprint density at radius 1 is 1.37 bits per heavy atom. The van der Waals surface area contributed by atoms with Crippen molar-refractivity contribution >= 4 is 16.9 Å². The van der Waals surface area contributed by atoms with Crippen LogP contribution in [0, 0.1) is 0 Å². The van der Waals surface area contributed by atoms with Crippen molar-refractivity contribution in [1.82, 2.24) is 0 Å². The van der Waals surface area contributed by atoms with Crippen molar-refractivity contribution < 1.29 is 19.1 Å². The van der Waals surface area contributed by atoms with Crippen LogP contribution < -0.4 is 0 Å². The van der Waals surface area contributed by atoms with Crippen LogP contribution in [0.15, 0.2) is 22.6 Å². The maximum Gasteiger partial charge on any atom is 0.343 e.